The molecule has 1 atom stereocenters. The molecule has 0 bridgehead atoms. The SMILES string of the molecule is Clc1cccc(-c2cccc([C@H]3CCCN(C4CCOCC4)C3)n2)c1. The molecule has 0 spiro atoms. The molecule has 3 nitrogen and oxygen atoms in total. The Hall–Kier alpha value is -1.42. The zero-order chi connectivity index (χ0) is 17.1. The number of ether oxygens (including phenoxy) is 1. The highest BCUT2D eigenvalue weighted by Gasteiger charge is 2.28. The highest BCUT2D eigenvalue weighted by Crippen LogP contribution is 2.30. The zero-order valence-electron chi connectivity index (χ0n) is 14.5. The Labute approximate surface area is 155 Å². The second-order valence-electron chi connectivity index (χ2n) is 7.14. The molecule has 4 heteroatoms. The second-order valence-corrected chi connectivity index (χ2v) is 7.57. The molecule has 0 radical (unpaired) electrons. The minimum Gasteiger partial charge on any atom is -0.381 e. The van der Waals surface area contributed by atoms with Gasteiger partial charge in [-0.05, 0) is 56.5 Å². The summed E-state index contributed by atoms with van der Waals surface area (Å²) in [5, 5.41) is 0.757. The summed E-state index contributed by atoms with van der Waals surface area (Å²) in [6, 6.07) is 15.0. The number of rotatable bonds is 3. The summed E-state index contributed by atoms with van der Waals surface area (Å²) in [7, 11) is 0. The maximum absolute atomic E-state index is 6.14. The van der Waals surface area contributed by atoms with E-state index in [1.165, 1.54) is 37.9 Å². The van der Waals surface area contributed by atoms with Crippen molar-refractivity contribution in [1.29, 1.82) is 0 Å². The number of hydrogen-bond acceptors (Lipinski definition) is 3. The molecule has 132 valence electrons. The number of likely N-dealkylation sites (tertiary alicyclic amines) is 1. The molecule has 4 rings (SSSR count). The van der Waals surface area contributed by atoms with Crippen LogP contribution >= 0.6 is 11.6 Å². The second kappa shape index (κ2) is 7.86. The lowest BCUT2D eigenvalue weighted by Crippen LogP contribution is -2.44. The van der Waals surface area contributed by atoms with Crippen molar-refractivity contribution in [2.75, 3.05) is 26.3 Å². The largest absolute Gasteiger partial charge is 0.381 e. The first-order valence-corrected chi connectivity index (χ1v) is 9.72. The Kier molecular flexibility index (Phi) is 5.35. The van der Waals surface area contributed by atoms with Crippen molar-refractivity contribution in [2.24, 2.45) is 0 Å². The smallest absolute Gasteiger partial charge is 0.0705 e. The van der Waals surface area contributed by atoms with Gasteiger partial charge in [-0.25, -0.2) is 0 Å². The number of nitrogens with zero attached hydrogens (tertiary/aromatic N) is 2. The van der Waals surface area contributed by atoms with E-state index in [0.717, 1.165) is 36.0 Å². The number of aromatic nitrogens is 1. The van der Waals surface area contributed by atoms with Crippen molar-refractivity contribution in [3.05, 3.63) is 53.2 Å². The molecule has 3 heterocycles. The van der Waals surface area contributed by atoms with Gasteiger partial charge in [0, 0.05) is 48.0 Å². The van der Waals surface area contributed by atoms with Crippen LogP contribution in [0.15, 0.2) is 42.5 Å². The van der Waals surface area contributed by atoms with Gasteiger partial charge in [0.15, 0.2) is 0 Å². The molecule has 1 aromatic carbocycles. The third-order valence-corrected chi connectivity index (χ3v) is 5.70. The Bertz CT molecular complexity index is 715. The number of piperidine rings is 1. The standard InChI is InChI=1S/C21H25ClN2O/c22-18-6-1-4-16(14-18)20-7-2-8-21(23-20)17-5-3-11-24(15-17)19-9-12-25-13-10-19/h1-2,4,6-8,14,17,19H,3,5,9-13,15H2/t17-/m0/s1. The lowest BCUT2D eigenvalue weighted by Gasteiger charge is -2.39. The molecular formula is C21H25ClN2O. The zero-order valence-corrected chi connectivity index (χ0v) is 15.3. The number of pyridine rings is 1. The van der Waals surface area contributed by atoms with Crippen LogP contribution in [0.25, 0.3) is 11.3 Å². The molecule has 0 amide bonds. The van der Waals surface area contributed by atoms with Crippen LogP contribution < -0.4 is 0 Å². The predicted molar refractivity (Wildman–Crippen MR) is 102 cm³/mol. The molecule has 0 saturated carbocycles. The van der Waals surface area contributed by atoms with Gasteiger partial charge in [0.25, 0.3) is 0 Å². The quantitative estimate of drug-likeness (QED) is 0.792. The molecular weight excluding hydrogens is 332 g/mol. The van der Waals surface area contributed by atoms with E-state index in [4.69, 9.17) is 21.3 Å². The molecule has 1 aromatic heterocycles. The lowest BCUT2D eigenvalue weighted by atomic mass is 9.91. The predicted octanol–water partition coefficient (Wildman–Crippen LogP) is 4.76. The fourth-order valence-corrected chi connectivity index (χ4v) is 4.31. The van der Waals surface area contributed by atoms with Crippen molar-refractivity contribution in [2.45, 2.75) is 37.6 Å². The minimum atomic E-state index is 0.524. The first-order valence-electron chi connectivity index (χ1n) is 9.34. The van der Waals surface area contributed by atoms with Gasteiger partial charge in [-0.2, -0.15) is 0 Å². The van der Waals surface area contributed by atoms with E-state index in [2.05, 4.69) is 29.2 Å². The highest BCUT2D eigenvalue weighted by molar-refractivity contribution is 6.30. The van der Waals surface area contributed by atoms with Gasteiger partial charge >= 0.3 is 0 Å². The van der Waals surface area contributed by atoms with Gasteiger partial charge in [0.2, 0.25) is 0 Å². The summed E-state index contributed by atoms with van der Waals surface area (Å²) in [5.41, 5.74) is 3.32. The van der Waals surface area contributed by atoms with E-state index in [9.17, 15) is 0 Å². The van der Waals surface area contributed by atoms with Gasteiger partial charge in [0.05, 0.1) is 5.69 Å². The van der Waals surface area contributed by atoms with Gasteiger partial charge in [0.1, 0.15) is 0 Å². The Morgan fingerprint density at radius 3 is 2.72 bits per heavy atom. The third-order valence-electron chi connectivity index (χ3n) is 5.47. The molecule has 2 aromatic rings. The van der Waals surface area contributed by atoms with Gasteiger partial charge < -0.3 is 4.74 Å². The molecule has 2 aliphatic heterocycles. The Balaban J connectivity index is 1.52. The first-order chi connectivity index (χ1) is 12.3. The normalized spacial score (nSPS) is 22.8. The van der Waals surface area contributed by atoms with Crippen LogP contribution in [-0.2, 0) is 4.74 Å². The number of benzene rings is 1. The maximum Gasteiger partial charge on any atom is 0.0705 e. The van der Waals surface area contributed by atoms with Gasteiger partial charge in [-0.3, -0.25) is 9.88 Å². The minimum absolute atomic E-state index is 0.524. The molecule has 2 fully saturated rings. The summed E-state index contributed by atoms with van der Waals surface area (Å²) in [6.07, 6.45) is 4.82. The van der Waals surface area contributed by atoms with E-state index in [1.54, 1.807) is 0 Å². The summed E-state index contributed by atoms with van der Waals surface area (Å²) in [5.74, 6) is 0.524. The monoisotopic (exact) mass is 356 g/mol. The van der Waals surface area contributed by atoms with Gasteiger partial charge in [-0.15, -0.1) is 0 Å². The average Bonchev–Trinajstić information content (AvgIpc) is 2.69. The Morgan fingerprint density at radius 2 is 1.88 bits per heavy atom. The summed E-state index contributed by atoms with van der Waals surface area (Å²) in [6.45, 7) is 4.16. The molecule has 2 aliphatic rings. The van der Waals surface area contributed by atoms with Crippen LogP contribution in [0.1, 0.15) is 37.3 Å². The topological polar surface area (TPSA) is 25.4 Å². The van der Waals surface area contributed by atoms with E-state index in [1.807, 2.05) is 18.2 Å². The van der Waals surface area contributed by atoms with Crippen molar-refractivity contribution < 1.29 is 4.74 Å². The maximum atomic E-state index is 6.14. The first kappa shape index (κ1) is 17.0. The third kappa shape index (κ3) is 4.05. The van der Waals surface area contributed by atoms with Crippen LogP contribution in [0.5, 0.6) is 0 Å². The molecule has 25 heavy (non-hydrogen) atoms. The molecule has 2 saturated heterocycles. The molecule has 0 N–H and O–H groups in total. The lowest BCUT2D eigenvalue weighted by molar-refractivity contribution is 0.0238. The fourth-order valence-electron chi connectivity index (χ4n) is 4.12. The van der Waals surface area contributed by atoms with Crippen molar-refractivity contribution in [1.82, 2.24) is 9.88 Å². The van der Waals surface area contributed by atoms with Crippen LogP contribution in [0.2, 0.25) is 5.02 Å². The summed E-state index contributed by atoms with van der Waals surface area (Å²) < 4.78 is 5.53. The van der Waals surface area contributed by atoms with Crippen molar-refractivity contribution in [3.63, 3.8) is 0 Å². The van der Waals surface area contributed by atoms with Crippen LogP contribution in [0.4, 0.5) is 0 Å². The fraction of sp³-hybridized carbons (Fsp3) is 0.476. The Morgan fingerprint density at radius 1 is 1.04 bits per heavy atom. The van der Waals surface area contributed by atoms with E-state index < -0.39 is 0 Å². The van der Waals surface area contributed by atoms with E-state index >= 15 is 0 Å². The molecule has 0 unspecified atom stereocenters. The van der Waals surface area contributed by atoms with Crippen LogP contribution in [-0.4, -0.2) is 42.2 Å². The number of halogens is 1. The van der Waals surface area contributed by atoms with Crippen molar-refractivity contribution >= 4 is 11.6 Å². The highest BCUT2D eigenvalue weighted by atomic mass is 35.5. The van der Waals surface area contributed by atoms with E-state index in [0.29, 0.717) is 12.0 Å². The van der Waals surface area contributed by atoms with Crippen molar-refractivity contribution in [3.8, 4) is 11.3 Å². The van der Waals surface area contributed by atoms with E-state index in [-0.39, 0.29) is 0 Å². The summed E-state index contributed by atoms with van der Waals surface area (Å²) in [4.78, 5) is 7.65. The van der Waals surface area contributed by atoms with Crippen LogP contribution in [0, 0.1) is 0 Å². The van der Waals surface area contributed by atoms with Crippen LogP contribution in [0.3, 0.4) is 0 Å². The van der Waals surface area contributed by atoms with Gasteiger partial charge in [-0.1, -0.05) is 29.8 Å². The average molecular weight is 357 g/mol. The number of hydrogen-bond donors (Lipinski definition) is 0. The molecule has 0 aliphatic carbocycles. The summed E-state index contributed by atoms with van der Waals surface area (Å²) >= 11 is 6.14.